The lowest BCUT2D eigenvalue weighted by Crippen LogP contribution is -2.02. The van der Waals surface area contributed by atoms with Crippen molar-refractivity contribution >= 4 is 11.8 Å². The van der Waals surface area contributed by atoms with E-state index < -0.39 is 0 Å². The number of benzene rings is 1. The van der Waals surface area contributed by atoms with Crippen LogP contribution in [0.15, 0.2) is 34.3 Å². The number of rotatable bonds is 3. The van der Waals surface area contributed by atoms with Crippen molar-refractivity contribution in [3.05, 3.63) is 35.7 Å². The van der Waals surface area contributed by atoms with Gasteiger partial charge in [-0.1, -0.05) is 18.6 Å². The van der Waals surface area contributed by atoms with Gasteiger partial charge in [0.2, 0.25) is 0 Å². The zero-order valence-electron chi connectivity index (χ0n) is 10.9. The number of hydrogen-bond donors (Lipinski definition) is 1. The van der Waals surface area contributed by atoms with Crippen LogP contribution in [0.4, 0.5) is 0 Å². The van der Waals surface area contributed by atoms with E-state index in [4.69, 9.17) is 5.73 Å². The highest BCUT2D eigenvalue weighted by molar-refractivity contribution is 7.99. The Morgan fingerprint density at radius 3 is 2.74 bits per heavy atom. The van der Waals surface area contributed by atoms with E-state index in [-0.39, 0.29) is 0 Å². The summed E-state index contributed by atoms with van der Waals surface area (Å²) in [4.78, 5) is 1.19. The van der Waals surface area contributed by atoms with Crippen molar-refractivity contribution in [2.24, 2.45) is 5.73 Å². The van der Waals surface area contributed by atoms with E-state index >= 15 is 0 Å². The van der Waals surface area contributed by atoms with Crippen LogP contribution in [-0.4, -0.2) is 14.8 Å². The standard InChI is InChI=1S/C14H18N4S/c15-10-11-5-7-12(8-6-11)19-14-17-16-13-4-2-1-3-9-18(13)14/h5-8H,1-4,9-10,15H2. The van der Waals surface area contributed by atoms with Crippen molar-refractivity contribution in [2.75, 3.05) is 0 Å². The third kappa shape index (κ3) is 2.82. The summed E-state index contributed by atoms with van der Waals surface area (Å²) >= 11 is 1.69. The van der Waals surface area contributed by atoms with Gasteiger partial charge >= 0.3 is 0 Å². The maximum Gasteiger partial charge on any atom is 0.196 e. The van der Waals surface area contributed by atoms with Crippen LogP contribution in [0.2, 0.25) is 0 Å². The van der Waals surface area contributed by atoms with E-state index in [2.05, 4.69) is 39.0 Å². The molecule has 1 aromatic carbocycles. The summed E-state index contributed by atoms with van der Waals surface area (Å²) in [6.45, 7) is 1.64. The average Bonchev–Trinajstić information content (AvgIpc) is 2.68. The first kappa shape index (κ1) is 12.7. The van der Waals surface area contributed by atoms with E-state index in [1.807, 2.05) is 0 Å². The third-order valence-electron chi connectivity index (χ3n) is 3.44. The van der Waals surface area contributed by atoms with Gasteiger partial charge in [-0.2, -0.15) is 0 Å². The third-order valence-corrected chi connectivity index (χ3v) is 4.44. The lowest BCUT2D eigenvalue weighted by molar-refractivity contribution is 0.591. The molecule has 1 aromatic heterocycles. The van der Waals surface area contributed by atoms with E-state index in [0.717, 1.165) is 29.5 Å². The van der Waals surface area contributed by atoms with Crippen LogP contribution in [0.3, 0.4) is 0 Å². The molecule has 0 bridgehead atoms. The predicted molar refractivity (Wildman–Crippen MR) is 76.0 cm³/mol. The number of fused-ring (bicyclic) bond motifs is 1. The normalized spacial score (nSPS) is 15.0. The number of aromatic nitrogens is 3. The molecule has 0 saturated heterocycles. The van der Waals surface area contributed by atoms with Crippen molar-refractivity contribution in [2.45, 2.75) is 48.8 Å². The Morgan fingerprint density at radius 1 is 1.11 bits per heavy atom. The summed E-state index contributed by atoms with van der Waals surface area (Å²) in [5.41, 5.74) is 6.77. The Balaban J connectivity index is 1.80. The minimum absolute atomic E-state index is 0.589. The lowest BCUT2D eigenvalue weighted by atomic mass is 10.2. The Bertz CT molecular complexity index is 547. The Labute approximate surface area is 117 Å². The quantitative estimate of drug-likeness (QED) is 0.934. The van der Waals surface area contributed by atoms with Gasteiger partial charge in [-0.3, -0.25) is 0 Å². The molecule has 1 aliphatic heterocycles. The first-order valence-corrected chi connectivity index (χ1v) is 7.57. The molecule has 0 spiro atoms. The molecule has 3 rings (SSSR count). The number of aryl methyl sites for hydroxylation is 1. The fraction of sp³-hybridized carbons (Fsp3) is 0.429. The smallest absolute Gasteiger partial charge is 0.196 e. The van der Waals surface area contributed by atoms with Gasteiger partial charge < -0.3 is 10.3 Å². The molecule has 0 unspecified atom stereocenters. The molecule has 0 radical (unpaired) electrons. The van der Waals surface area contributed by atoms with E-state index in [1.54, 1.807) is 11.8 Å². The average molecular weight is 274 g/mol. The van der Waals surface area contributed by atoms with E-state index in [0.29, 0.717) is 6.54 Å². The van der Waals surface area contributed by atoms with Crippen molar-refractivity contribution < 1.29 is 0 Å². The van der Waals surface area contributed by atoms with Crippen LogP contribution in [0.5, 0.6) is 0 Å². The van der Waals surface area contributed by atoms with Crippen molar-refractivity contribution in [1.82, 2.24) is 14.8 Å². The molecular weight excluding hydrogens is 256 g/mol. The molecule has 2 N–H and O–H groups in total. The molecule has 0 atom stereocenters. The molecule has 0 saturated carbocycles. The molecule has 2 heterocycles. The second kappa shape index (κ2) is 5.75. The fourth-order valence-electron chi connectivity index (χ4n) is 2.33. The minimum Gasteiger partial charge on any atom is -0.326 e. The Morgan fingerprint density at radius 2 is 1.95 bits per heavy atom. The van der Waals surface area contributed by atoms with Crippen LogP contribution < -0.4 is 5.73 Å². The monoisotopic (exact) mass is 274 g/mol. The van der Waals surface area contributed by atoms with Crippen LogP contribution in [0.25, 0.3) is 0 Å². The van der Waals surface area contributed by atoms with Gasteiger partial charge in [-0.15, -0.1) is 10.2 Å². The SMILES string of the molecule is NCc1ccc(Sc2nnc3n2CCCCC3)cc1. The summed E-state index contributed by atoms with van der Waals surface area (Å²) in [6, 6.07) is 8.35. The van der Waals surface area contributed by atoms with E-state index in [1.165, 1.54) is 24.2 Å². The van der Waals surface area contributed by atoms with Gasteiger partial charge in [0.25, 0.3) is 0 Å². The zero-order chi connectivity index (χ0) is 13.1. The topological polar surface area (TPSA) is 56.7 Å². The summed E-state index contributed by atoms with van der Waals surface area (Å²) in [7, 11) is 0. The van der Waals surface area contributed by atoms with Gasteiger partial charge in [0, 0.05) is 24.4 Å². The maximum atomic E-state index is 5.61. The molecule has 2 aromatic rings. The number of nitrogens with two attached hydrogens (primary N) is 1. The zero-order valence-corrected chi connectivity index (χ0v) is 11.7. The summed E-state index contributed by atoms with van der Waals surface area (Å²) < 4.78 is 2.27. The van der Waals surface area contributed by atoms with Crippen LogP contribution in [-0.2, 0) is 19.5 Å². The number of hydrogen-bond acceptors (Lipinski definition) is 4. The highest BCUT2D eigenvalue weighted by Gasteiger charge is 2.15. The second-order valence-corrected chi connectivity index (χ2v) is 5.85. The molecule has 4 nitrogen and oxygen atoms in total. The van der Waals surface area contributed by atoms with Gasteiger partial charge in [0.1, 0.15) is 5.82 Å². The van der Waals surface area contributed by atoms with E-state index in [9.17, 15) is 0 Å². The molecule has 0 aliphatic carbocycles. The van der Waals surface area contributed by atoms with Crippen LogP contribution >= 0.6 is 11.8 Å². The molecule has 1 aliphatic rings. The largest absolute Gasteiger partial charge is 0.326 e. The molecule has 5 heteroatoms. The highest BCUT2D eigenvalue weighted by Crippen LogP contribution is 2.28. The molecule has 0 fully saturated rings. The predicted octanol–water partition coefficient (Wildman–Crippen LogP) is 2.61. The molecule has 19 heavy (non-hydrogen) atoms. The summed E-state index contributed by atoms with van der Waals surface area (Å²) in [6.07, 6.45) is 4.80. The first-order chi connectivity index (χ1) is 9.36. The van der Waals surface area contributed by atoms with Crippen molar-refractivity contribution in [1.29, 1.82) is 0 Å². The minimum atomic E-state index is 0.589. The Hall–Kier alpha value is -1.33. The summed E-state index contributed by atoms with van der Waals surface area (Å²) in [5.74, 6) is 1.14. The maximum absolute atomic E-state index is 5.61. The van der Waals surface area contributed by atoms with Crippen molar-refractivity contribution in [3.63, 3.8) is 0 Å². The molecule has 0 amide bonds. The number of nitrogens with zero attached hydrogens (tertiary/aromatic N) is 3. The Kier molecular flexibility index (Phi) is 3.84. The van der Waals surface area contributed by atoms with Gasteiger partial charge in [0.05, 0.1) is 0 Å². The summed E-state index contributed by atoms with van der Waals surface area (Å²) in [5, 5.41) is 9.66. The molecular formula is C14H18N4S. The highest BCUT2D eigenvalue weighted by atomic mass is 32.2. The van der Waals surface area contributed by atoms with Crippen molar-refractivity contribution in [3.8, 4) is 0 Å². The lowest BCUT2D eigenvalue weighted by Gasteiger charge is -2.06. The van der Waals surface area contributed by atoms with Gasteiger partial charge in [-0.05, 0) is 42.3 Å². The van der Waals surface area contributed by atoms with Crippen LogP contribution in [0, 0.1) is 0 Å². The van der Waals surface area contributed by atoms with Gasteiger partial charge in [0.15, 0.2) is 5.16 Å². The second-order valence-electron chi connectivity index (χ2n) is 4.81. The molecule has 100 valence electrons. The fourth-order valence-corrected chi connectivity index (χ4v) is 3.20. The van der Waals surface area contributed by atoms with Gasteiger partial charge in [-0.25, -0.2) is 0 Å². The first-order valence-electron chi connectivity index (χ1n) is 6.76. The van der Waals surface area contributed by atoms with Crippen LogP contribution in [0.1, 0.15) is 30.7 Å².